The van der Waals surface area contributed by atoms with Crippen LogP contribution in [0.15, 0.2) is 30.3 Å². The molecule has 1 rings (SSSR count). The molecule has 0 heterocycles. The largest absolute Gasteiger partial charge is 0.383 e. The fourth-order valence-corrected chi connectivity index (χ4v) is 1.74. The van der Waals surface area contributed by atoms with Crippen molar-refractivity contribution in [1.82, 2.24) is 5.32 Å². The fraction of sp³-hybridized carbons (Fsp3) is 0.600. The highest BCUT2D eigenvalue weighted by atomic mass is 16.5. The van der Waals surface area contributed by atoms with Gasteiger partial charge in [0, 0.05) is 26.8 Å². The van der Waals surface area contributed by atoms with Crippen LogP contribution >= 0.6 is 0 Å². The molecule has 0 bridgehead atoms. The summed E-state index contributed by atoms with van der Waals surface area (Å²) in [6.45, 7) is 5.44. The first-order valence-corrected chi connectivity index (χ1v) is 6.68. The first-order chi connectivity index (χ1) is 8.83. The molecule has 1 N–H and O–H groups in total. The Morgan fingerprint density at radius 1 is 1.17 bits per heavy atom. The van der Waals surface area contributed by atoms with Crippen molar-refractivity contribution in [1.29, 1.82) is 0 Å². The summed E-state index contributed by atoms with van der Waals surface area (Å²) in [5.41, 5.74) is 1.38. The minimum atomic E-state index is 0.262. The van der Waals surface area contributed by atoms with Gasteiger partial charge in [-0.3, -0.25) is 0 Å². The predicted molar refractivity (Wildman–Crippen MR) is 74.9 cm³/mol. The van der Waals surface area contributed by atoms with Gasteiger partial charge in [-0.15, -0.1) is 0 Å². The predicted octanol–water partition coefficient (Wildman–Crippen LogP) is 2.26. The van der Waals surface area contributed by atoms with Crippen molar-refractivity contribution < 1.29 is 9.47 Å². The van der Waals surface area contributed by atoms with Gasteiger partial charge in [0.05, 0.1) is 12.7 Å². The average Bonchev–Trinajstić information content (AvgIpc) is 2.41. The Hall–Kier alpha value is -0.900. The summed E-state index contributed by atoms with van der Waals surface area (Å²) in [5, 5.41) is 3.29. The zero-order valence-corrected chi connectivity index (χ0v) is 11.5. The van der Waals surface area contributed by atoms with Crippen LogP contribution in [0.2, 0.25) is 0 Å². The molecule has 0 aliphatic heterocycles. The van der Waals surface area contributed by atoms with E-state index in [1.165, 1.54) is 5.56 Å². The molecule has 3 heteroatoms. The van der Waals surface area contributed by atoms with Gasteiger partial charge in [0.1, 0.15) is 0 Å². The number of hydrogen-bond donors (Lipinski definition) is 1. The van der Waals surface area contributed by atoms with E-state index in [-0.39, 0.29) is 6.10 Å². The molecule has 0 amide bonds. The van der Waals surface area contributed by atoms with Crippen LogP contribution in [0.4, 0.5) is 0 Å². The van der Waals surface area contributed by atoms with Crippen molar-refractivity contribution in [3.63, 3.8) is 0 Å². The van der Waals surface area contributed by atoms with Gasteiger partial charge < -0.3 is 14.8 Å². The molecule has 1 aromatic rings. The molecule has 102 valence electrons. The van der Waals surface area contributed by atoms with Crippen LogP contribution < -0.4 is 5.32 Å². The molecule has 0 radical (unpaired) electrons. The summed E-state index contributed by atoms with van der Waals surface area (Å²) in [5.74, 6) is 0. The minimum Gasteiger partial charge on any atom is -0.383 e. The molecule has 3 nitrogen and oxygen atoms in total. The zero-order chi connectivity index (χ0) is 13.1. The van der Waals surface area contributed by atoms with E-state index in [0.29, 0.717) is 0 Å². The molecule has 0 aromatic heterocycles. The molecular formula is C15H25NO2. The van der Waals surface area contributed by atoms with Gasteiger partial charge in [-0.05, 0) is 25.3 Å². The van der Waals surface area contributed by atoms with Crippen LogP contribution in [-0.2, 0) is 15.9 Å². The van der Waals surface area contributed by atoms with E-state index in [1.54, 1.807) is 7.11 Å². The van der Waals surface area contributed by atoms with E-state index >= 15 is 0 Å². The number of ether oxygens (including phenoxy) is 2. The van der Waals surface area contributed by atoms with E-state index in [4.69, 9.17) is 9.47 Å². The Labute approximate surface area is 110 Å². The number of aryl methyl sites for hydroxylation is 1. The van der Waals surface area contributed by atoms with E-state index in [1.807, 2.05) is 6.07 Å². The number of hydrogen-bond acceptors (Lipinski definition) is 3. The number of nitrogens with one attached hydrogen (secondary N) is 1. The molecule has 0 aliphatic rings. The van der Waals surface area contributed by atoms with Crippen LogP contribution in [0.25, 0.3) is 0 Å². The molecule has 0 aliphatic carbocycles. The third-order valence-corrected chi connectivity index (χ3v) is 2.77. The molecule has 0 saturated carbocycles. The summed E-state index contributed by atoms with van der Waals surface area (Å²) < 4.78 is 10.7. The third kappa shape index (κ3) is 7.43. The van der Waals surface area contributed by atoms with Gasteiger partial charge in [-0.25, -0.2) is 0 Å². The molecule has 0 spiro atoms. The smallest absolute Gasteiger partial charge is 0.0671 e. The van der Waals surface area contributed by atoms with Gasteiger partial charge in [0.25, 0.3) is 0 Å². The van der Waals surface area contributed by atoms with Crippen LogP contribution in [-0.4, -0.2) is 39.5 Å². The Morgan fingerprint density at radius 3 is 2.67 bits per heavy atom. The Morgan fingerprint density at radius 2 is 1.94 bits per heavy atom. The second-order valence-electron chi connectivity index (χ2n) is 4.47. The van der Waals surface area contributed by atoms with Gasteiger partial charge in [-0.2, -0.15) is 0 Å². The maximum Gasteiger partial charge on any atom is 0.0671 e. The molecule has 1 aromatic carbocycles. The number of rotatable bonds is 10. The maximum atomic E-state index is 5.74. The van der Waals surface area contributed by atoms with Crippen molar-refractivity contribution in [2.24, 2.45) is 0 Å². The topological polar surface area (TPSA) is 30.5 Å². The minimum absolute atomic E-state index is 0.262. The van der Waals surface area contributed by atoms with Crippen LogP contribution in [0.1, 0.15) is 18.9 Å². The molecule has 0 saturated heterocycles. The molecule has 1 unspecified atom stereocenters. The van der Waals surface area contributed by atoms with E-state index < -0.39 is 0 Å². The lowest BCUT2D eigenvalue weighted by atomic mass is 10.1. The molecule has 0 fully saturated rings. The highest BCUT2D eigenvalue weighted by Crippen LogP contribution is 2.03. The second kappa shape index (κ2) is 10.1. The first kappa shape index (κ1) is 15.2. The molecule has 18 heavy (non-hydrogen) atoms. The monoisotopic (exact) mass is 251 g/mol. The van der Waals surface area contributed by atoms with Gasteiger partial charge >= 0.3 is 0 Å². The van der Waals surface area contributed by atoms with Crippen molar-refractivity contribution in [3.05, 3.63) is 35.9 Å². The van der Waals surface area contributed by atoms with Crippen LogP contribution in [0.5, 0.6) is 0 Å². The van der Waals surface area contributed by atoms with Crippen molar-refractivity contribution >= 4 is 0 Å². The number of methoxy groups -OCH3 is 1. The zero-order valence-electron chi connectivity index (χ0n) is 11.5. The SMILES string of the molecule is COCCNCC(C)OCCCc1ccccc1. The first-order valence-electron chi connectivity index (χ1n) is 6.68. The normalized spacial score (nSPS) is 12.6. The summed E-state index contributed by atoms with van der Waals surface area (Å²) in [4.78, 5) is 0. The highest BCUT2D eigenvalue weighted by molar-refractivity contribution is 5.14. The average molecular weight is 251 g/mol. The quantitative estimate of drug-likeness (QED) is 0.647. The van der Waals surface area contributed by atoms with Crippen LogP contribution in [0, 0.1) is 0 Å². The van der Waals surface area contributed by atoms with E-state index in [9.17, 15) is 0 Å². The lowest BCUT2D eigenvalue weighted by Crippen LogP contribution is -2.29. The Bertz CT molecular complexity index is 290. The van der Waals surface area contributed by atoms with Crippen molar-refractivity contribution in [3.8, 4) is 0 Å². The highest BCUT2D eigenvalue weighted by Gasteiger charge is 2.01. The van der Waals surface area contributed by atoms with Crippen molar-refractivity contribution in [2.75, 3.05) is 33.4 Å². The van der Waals surface area contributed by atoms with Gasteiger partial charge in [0.2, 0.25) is 0 Å². The Balaban J connectivity index is 1.97. The second-order valence-corrected chi connectivity index (χ2v) is 4.47. The van der Waals surface area contributed by atoms with Gasteiger partial charge in [0.15, 0.2) is 0 Å². The number of benzene rings is 1. The summed E-state index contributed by atoms with van der Waals surface area (Å²) in [6.07, 6.45) is 2.43. The fourth-order valence-electron chi connectivity index (χ4n) is 1.74. The Kier molecular flexibility index (Phi) is 8.47. The van der Waals surface area contributed by atoms with Gasteiger partial charge in [-0.1, -0.05) is 30.3 Å². The maximum absolute atomic E-state index is 5.74. The lowest BCUT2D eigenvalue weighted by Gasteiger charge is -2.13. The van der Waals surface area contributed by atoms with Crippen LogP contribution in [0.3, 0.4) is 0 Å². The van der Waals surface area contributed by atoms with E-state index in [0.717, 1.165) is 39.1 Å². The lowest BCUT2D eigenvalue weighted by molar-refractivity contribution is 0.0630. The summed E-state index contributed by atoms with van der Waals surface area (Å²) >= 11 is 0. The van der Waals surface area contributed by atoms with Crippen molar-refractivity contribution in [2.45, 2.75) is 25.9 Å². The molecular weight excluding hydrogens is 226 g/mol. The molecule has 1 atom stereocenters. The van der Waals surface area contributed by atoms with E-state index in [2.05, 4.69) is 36.5 Å². The third-order valence-electron chi connectivity index (χ3n) is 2.77. The standard InChI is InChI=1S/C15H25NO2/c1-14(13-16-10-12-17-2)18-11-6-9-15-7-4-3-5-8-15/h3-5,7-8,14,16H,6,9-13H2,1-2H3. The summed E-state index contributed by atoms with van der Waals surface area (Å²) in [6, 6.07) is 10.5. The summed E-state index contributed by atoms with van der Waals surface area (Å²) in [7, 11) is 1.71.